The van der Waals surface area contributed by atoms with Crippen LogP contribution in [0.4, 0.5) is 0 Å². The number of carbonyl (C=O) groups is 1. The first-order chi connectivity index (χ1) is 9.97. The molecule has 0 spiro atoms. The summed E-state index contributed by atoms with van der Waals surface area (Å²) < 4.78 is 0. The van der Waals surface area contributed by atoms with E-state index < -0.39 is 5.41 Å². The molecule has 4 nitrogen and oxygen atoms in total. The zero-order chi connectivity index (χ0) is 15.3. The van der Waals surface area contributed by atoms with Crippen LogP contribution in [0.15, 0.2) is 48.8 Å². The van der Waals surface area contributed by atoms with Crippen LogP contribution >= 0.6 is 0 Å². The van der Waals surface area contributed by atoms with Gasteiger partial charge in [0.2, 0.25) is 0 Å². The second kappa shape index (κ2) is 6.50. The Morgan fingerprint density at radius 1 is 1.14 bits per heavy atom. The molecule has 1 heterocycles. The Kier molecular flexibility index (Phi) is 4.70. The van der Waals surface area contributed by atoms with Crippen molar-refractivity contribution in [2.24, 2.45) is 5.41 Å². The van der Waals surface area contributed by atoms with E-state index in [1.807, 2.05) is 51.1 Å². The van der Waals surface area contributed by atoms with Gasteiger partial charge in [0.25, 0.3) is 0 Å². The van der Waals surface area contributed by atoms with Gasteiger partial charge < -0.3 is 4.84 Å². The minimum atomic E-state index is -0.508. The molecule has 0 fully saturated rings. The highest BCUT2D eigenvalue weighted by Gasteiger charge is 2.23. The SMILES string of the molecule is CC(C)(C)C(=O)ONCc1cccc(-c2ccncc2)c1. The summed E-state index contributed by atoms with van der Waals surface area (Å²) in [7, 11) is 0. The molecule has 21 heavy (non-hydrogen) atoms. The first kappa shape index (κ1) is 15.2. The number of rotatable bonds is 4. The summed E-state index contributed by atoms with van der Waals surface area (Å²) in [6, 6.07) is 12.0. The maximum Gasteiger partial charge on any atom is 0.329 e. The molecule has 1 aromatic heterocycles. The van der Waals surface area contributed by atoms with Crippen molar-refractivity contribution in [3.05, 3.63) is 54.4 Å². The molecule has 0 atom stereocenters. The summed E-state index contributed by atoms with van der Waals surface area (Å²) in [5.41, 5.74) is 5.48. The van der Waals surface area contributed by atoms with Crippen molar-refractivity contribution in [2.45, 2.75) is 27.3 Å². The van der Waals surface area contributed by atoms with Gasteiger partial charge in [0, 0.05) is 12.4 Å². The van der Waals surface area contributed by atoms with Gasteiger partial charge in [-0.2, -0.15) is 0 Å². The van der Waals surface area contributed by atoms with Crippen LogP contribution in [-0.4, -0.2) is 11.0 Å². The topological polar surface area (TPSA) is 51.2 Å². The number of nitrogens with one attached hydrogen (secondary N) is 1. The van der Waals surface area contributed by atoms with Crippen molar-refractivity contribution in [1.82, 2.24) is 10.5 Å². The summed E-state index contributed by atoms with van der Waals surface area (Å²) in [5, 5.41) is 0. The predicted octanol–water partition coefficient (Wildman–Crippen LogP) is 3.34. The zero-order valence-electron chi connectivity index (χ0n) is 12.6. The van der Waals surface area contributed by atoms with Gasteiger partial charge in [0.05, 0.1) is 12.0 Å². The Bertz CT molecular complexity index is 604. The van der Waals surface area contributed by atoms with E-state index in [9.17, 15) is 4.79 Å². The zero-order valence-corrected chi connectivity index (χ0v) is 12.6. The number of pyridine rings is 1. The van der Waals surface area contributed by atoms with Crippen molar-refractivity contribution >= 4 is 5.97 Å². The van der Waals surface area contributed by atoms with Crippen LogP contribution in [0, 0.1) is 5.41 Å². The molecule has 0 aliphatic heterocycles. The number of carbonyl (C=O) groups excluding carboxylic acids is 1. The minimum absolute atomic E-state index is 0.271. The molecule has 0 aliphatic rings. The summed E-state index contributed by atoms with van der Waals surface area (Å²) in [4.78, 5) is 20.7. The van der Waals surface area contributed by atoms with Crippen LogP contribution in [0.2, 0.25) is 0 Å². The Morgan fingerprint density at radius 3 is 2.52 bits per heavy atom. The third-order valence-corrected chi connectivity index (χ3v) is 2.99. The predicted molar refractivity (Wildman–Crippen MR) is 82.1 cm³/mol. The van der Waals surface area contributed by atoms with Crippen molar-refractivity contribution in [3.8, 4) is 11.1 Å². The number of hydroxylamine groups is 1. The minimum Gasteiger partial charge on any atom is -0.370 e. The molecule has 0 saturated carbocycles. The molecule has 4 heteroatoms. The average molecular weight is 284 g/mol. The van der Waals surface area contributed by atoms with Gasteiger partial charge >= 0.3 is 5.97 Å². The van der Waals surface area contributed by atoms with E-state index in [0.29, 0.717) is 6.54 Å². The number of hydrogen-bond donors (Lipinski definition) is 1. The molecule has 0 saturated heterocycles. The van der Waals surface area contributed by atoms with E-state index in [1.165, 1.54) is 0 Å². The Morgan fingerprint density at radius 2 is 1.86 bits per heavy atom. The number of nitrogens with zero attached hydrogens (tertiary/aromatic N) is 1. The summed E-state index contributed by atoms with van der Waals surface area (Å²) in [6.45, 7) is 5.93. The molecule has 1 N–H and O–H groups in total. The number of hydrogen-bond acceptors (Lipinski definition) is 4. The van der Waals surface area contributed by atoms with Crippen LogP contribution in [0.3, 0.4) is 0 Å². The standard InChI is InChI=1S/C17H20N2O2/c1-17(2,3)16(20)21-19-12-13-5-4-6-15(11-13)14-7-9-18-10-8-14/h4-11,19H,12H2,1-3H3. The largest absolute Gasteiger partial charge is 0.370 e. The lowest BCUT2D eigenvalue weighted by atomic mass is 9.98. The molecule has 2 aromatic rings. The lowest BCUT2D eigenvalue weighted by Crippen LogP contribution is -2.29. The fourth-order valence-corrected chi connectivity index (χ4v) is 1.74. The molecule has 0 bridgehead atoms. The molecule has 0 aliphatic carbocycles. The third-order valence-electron chi connectivity index (χ3n) is 2.99. The Balaban J connectivity index is 1.98. The monoisotopic (exact) mass is 284 g/mol. The van der Waals surface area contributed by atoms with E-state index in [2.05, 4.69) is 16.5 Å². The van der Waals surface area contributed by atoms with Gasteiger partial charge in [-0.15, -0.1) is 5.48 Å². The van der Waals surface area contributed by atoms with Gasteiger partial charge in [0.1, 0.15) is 0 Å². The number of benzene rings is 1. The average Bonchev–Trinajstić information content (AvgIpc) is 2.47. The van der Waals surface area contributed by atoms with Crippen LogP contribution in [0.1, 0.15) is 26.3 Å². The van der Waals surface area contributed by atoms with Gasteiger partial charge in [-0.3, -0.25) is 4.98 Å². The van der Waals surface area contributed by atoms with Gasteiger partial charge in [-0.1, -0.05) is 18.2 Å². The van der Waals surface area contributed by atoms with E-state index in [0.717, 1.165) is 16.7 Å². The second-order valence-corrected chi connectivity index (χ2v) is 5.90. The first-order valence-corrected chi connectivity index (χ1v) is 6.90. The smallest absolute Gasteiger partial charge is 0.329 e. The van der Waals surface area contributed by atoms with Gasteiger partial charge in [-0.05, 0) is 55.7 Å². The van der Waals surface area contributed by atoms with Crippen molar-refractivity contribution in [3.63, 3.8) is 0 Å². The van der Waals surface area contributed by atoms with Crippen LogP contribution < -0.4 is 5.48 Å². The highest BCUT2D eigenvalue weighted by molar-refractivity contribution is 5.75. The van der Waals surface area contributed by atoms with Gasteiger partial charge in [-0.25, -0.2) is 4.79 Å². The van der Waals surface area contributed by atoms with Crippen LogP contribution in [-0.2, 0) is 16.2 Å². The highest BCUT2D eigenvalue weighted by atomic mass is 16.7. The fraction of sp³-hybridized carbons (Fsp3) is 0.294. The molecule has 110 valence electrons. The van der Waals surface area contributed by atoms with Crippen molar-refractivity contribution < 1.29 is 9.63 Å². The Hall–Kier alpha value is -2.20. The maximum absolute atomic E-state index is 11.7. The first-order valence-electron chi connectivity index (χ1n) is 6.90. The van der Waals surface area contributed by atoms with Crippen LogP contribution in [0.5, 0.6) is 0 Å². The second-order valence-electron chi connectivity index (χ2n) is 5.90. The quantitative estimate of drug-likeness (QED) is 0.875. The normalized spacial score (nSPS) is 11.2. The molecule has 2 rings (SSSR count). The Labute approximate surface area is 125 Å². The lowest BCUT2D eigenvalue weighted by molar-refractivity contribution is -0.161. The van der Waals surface area contributed by atoms with E-state index in [1.54, 1.807) is 12.4 Å². The number of aromatic nitrogens is 1. The summed E-state index contributed by atoms with van der Waals surface area (Å²) in [6.07, 6.45) is 3.54. The molecule has 0 amide bonds. The summed E-state index contributed by atoms with van der Waals surface area (Å²) in [5.74, 6) is -0.271. The van der Waals surface area contributed by atoms with E-state index in [-0.39, 0.29) is 5.97 Å². The maximum atomic E-state index is 11.7. The fourth-order valence-electron chi connectivity index (χ4n) is 1.74. The lowest BCUT2D eigenvalue weighted by Gasteiger charge is -2.16. The molecule has 1 aromatic carbocycles. The summed E-state index contributed by atoms with van der Waals surface area (Å²) >= 11 is 0. The van der Waals surface area contributed by atoms with Gasteiger partial charge in [0.15, 0.2) is 0 Å². The highest BCUT2D eigenvalue weighted by Crippen LogP contribution is 2.19. The van der Waals surface area contributed by atoms with Crippen LogP contribution in [0.25, 0.3) is 11.1 Å². The van der Waals surface area contributed by atoms with E-state index >= 15 is 0 Å². The van der Waals surface area contributed by atoms with Crippen molar-refractivity contribution in [2.75, 3.05) is 0 Å². The third kappa shape index (κ3) is 4.39. The van der Waals surface area contributed by atoms with Crippen molar-refractivity contribution in [1.29, 1.82) is 0 Å². The molecule has 0 unspecified atom stereocenters. The molecular weight excluding hydrogens is 264 g/mol. The molecular formula is C17H20N2O2. The molecule has 0 radical (unpaired) electrons. The van der Waals surface area contributed by atoms with E-state index in [4.69, 9.17) is 4.84 Å².